The first kappa shape index (κ1) is 17.6. The summed E-state index contributed by atoms with van der Waals surface area (Å²) < 4.78 is 13.7. The Morgan fingerprint density at radius 3 is 2.80 bits per heavy atom. The van der Waals surface area contributed by atoms with Gasteiger partial charge in [0.25, 0.3) is 0 Å². The highest BCUT2D eigenvalue weighted by Crippen LogP contribution is 2.26. The van der Waals surface area contributed by atoms with E-state index >= 15 is 0 Å². The molecule has 20 heavy (non-hydrogen) atoms. The third-order valence-electron chi connectivity index (χ3n) is 3.03. The van der Waals surface area contributed by atoms with Gasteiger partial charge in [0.05, 0.1) is 35.6 Å². The molecule has 1 N–H and O–H groups in total. The van der Waals surface area contributed by atoms with E-state index in [1.807, 2.05) is 6.20 Å². The number of ether oxygens (including phenoxy) is 2. The Labute approximate surface area is 130 Å². The van der Waals surface area contributed by atoms with Crippen molar-refractivity contribution in [3.8, 4) is 0 Å². The van der Waals surface area contributed by atoms with E-state index in [0.29, 0.717) is 19.8 Å². The lowest BCUT2D eigenvalue weighted by Crippen LogP contribution is -2.26. The quantitative estimate of drug-likeness (QED) is 0.625. The van der Waals surface area contributed by atoms with Crippen LogP contribution in [0.3, 0.4) is 0 Å². The summed E-state index contributed by atoms with van der Waals surface area (Å²) in [6.45, 7) is 8.14. The molecule has 0 radical (unpaired) electrons. The standard InChI is InChI=1S/C14H26BrN3O2/c1-4-7-18-14(12(15)11-17-18)13(16-5-2)6-8-20-10-9-19-3/h11,13,16H,4-10H2,1-3H3. The van der Waals surface area contributed by atoms with Gasteiger partial charge in [0.2, 0.25) is 0 Å². The predicted octanol–water partition coefficient (Wildman–Crippen LogP) is 2.76. The molecule has 0 aliphatic heterocycles. The molecule has 1 rings (SSSR count). The molecule has 0 spiro atoms. The largest absolute Gasteiger partial charge is 0.382 e. The summed E-state index contributed by atoms with van der Waals surface area (Å²) >= 11 is 3.61. The van der Waals surface area contributed by atoms with Gasteiger partial charge in [0.15, 0.2) is 0 Å². The van der Waals surface area contributed by atoms with Crippen molar-refractivity contribution in [3.63, 3.8) is 0 Å². The molecule has 6 heteroatoms. The van der Waals surface area contributed by atoms with Crippen LogP contribution in [0.4, 0.5) is 0 Å². The van der Waals surface area contributed by atoms with Crippen molar-refractivity contribution in [3.05, 3.63) is 16.4 Å². The number of halogens is 1. The molecule has 0 saturated heterocycles. The van der Waals surface area contributed by atoms with Gasteiger partial charge in [-0.2, -0.15) is 5.10 Å². The van der Waals surface area contributed by atoms with Crippen LogP contribution in [-0.4, -0.2) is 43.3 Å². The highest BCUT2D eigenvalue weighted by molar-refractivity contribution is 9.10. The highest BCUT2D eigenvalue weighted by Gasteiger charge is 2.19. The molecule has 1 atom stereocenters. The van der Waals surface area contributed by atoms with Gasteiger partial charge in [-0.1, -0.05) is 13.8 Å². The molecule has 1 unspecified atom stereocenters. The van der Waals surface area contributed by atoms with Crippen molar-refractivity contribution in [2.45, 2.75) is 39.3 Å². The molecule has 5 nitrogen and oxygen atoms in total. The molecule has 0 fully saturated rings. The van der Waals surface area contributed by atoms with E-state index in [0.717, 1.165) is 30.4 Å². The van der Waals surface area contributed by atoms with E-state index in [4.69, 9.17) is 9.47 Å². The Morgan fingerprint density at radius 2 is 2.15 bits per heavy atom. The van der Waals surface area contributed by atoms with Gasteiger partial charge in [-0.25, -0.2) is 0 Å². The zero-order chi connectivity index (χ0) is 14.8. The van der Waals surface area contributed by atoms with Crippen LogP contribution in [0.1, 0.15) is 38.4 Å². The molecule has 0 aromatic carbocycles. The minimum absolute atomic E-state index is 0.256. The summed E-state index contributed by atoms with van der Waals surface area (Å²) in [5.41, 5.74) is 1.21. The molecule has 0 amide bonds. The number of aryl methyl sites for hydroxylation is 1. The summed E-state index contributed by atoms with van der Waals surface area (Å²) in [6.07, 6.45) is 3.87. The Balaban J connectivity index is 2.62. The Kier molecular flexibility index (Phi) is 9.09. The predicted molar refractivity (Wildman–Crippen MR) is 83.9 cm³/mol. The second kappa shape index (κ2) is 10.3. The number of methoxy groups -OCH3 is 1. The average molecular weight is 348 g/mol. The Morgan fingerprint density at radius 1 is 1.35 bits per heavy atom. The molecular formula is C14H26BrN3O2. The maximum atomic E-state index is 5.58. The fourth-order valence-electron chi connectivity index (χ4n) is 2.14. The van der Waals surface area contributed by atoms with Crippen LogP contribution < -0.4 is 5.32 Å². The number of nitrogens with zero attached hydrogens (tertiary/aromatic N) is 2. The van der Waals surface area contributed by atoms with E-state index < -0.39 is 0 Å². The Bertz CT molecular complexity index is 371. The highest BCUT2D eigenvalue weighted by atomic mass is 79.9. The molecule has 1 aromatic rings. The molecule has 1 aromatic heterocycles. The van der Waals surface area contributed by atoms with Crippen molar-refractivity contribution < 1.29 is 9.47 Å². The maximum absolute atomic E-state index is 5.58. The smallest absolute Gasteiger partial charge is 0.0700 e. The third kappa shape index (κ3) is 5.52. The van der Waals surface area contributed by atoms with Crippen molar-refractivity contribution in [1.82, 2.24) is 15.1 Å². The van der Waals surface area contributed by atoms with Crippen molar-refractivity contribution >= 4 is 15.9 Å². The summed E-state index contributed by atoms with van der Waals surface area (Å²) in [5, 5.41) is 7.95. The van der Waals surface area contributed by atoms with Gasteiger partial charge in [0.1, 0.15) is 0 Å². The lowest BCUT2D eigenvalue weighted by atomic mass is 10.1. The summed E-state index contributed by atoms with van der Waals surface area (Å²) in [5.74, 6) is 0. The van der Waals surface area contributed by atoms with Crippen LogP contribution in [0.25, 0.3) is 0 Å². The molecular weight excluding hydrogens is 322 g/mol. The Hall–Kier alpha value is -0.430. The van der Waals surface area contributed by atoms with Gasteiger partial charge in [-0.05, 0) is 35.3 Å². The summed E-state index contributed by atoms with van der Waals surface area (Å²) in [7, 11) is 1.69. The van der Waals surface area contributed by atoms with Crippen LogP contribution in [-0.2, 0) is 16.0 Å². The fraction of sp³-hybridized carbons (Fsp3) is 0.786. The van der Waals surface area contributed by atoms with E-state index in [-0.39, 0.29) is 6.04 Å². The summed E-state index contributed by atoms with van der Waals surface area (Å²) in [4.78, 5) is 0. The molecule has 0 bridgehead atoms. The van der Waals surface area contributed by atoms with E-state index in [2.05, 4.69) is 44.9 Å². The molecule has 0 aliphatic rings. The number of nitrogens with one attached hydrogen (secondary N) is 1. The monoisotopic (exact) mass is 347 g/mol. The second-order valence-electron chi connectivity index (χ2n) is 4.60. The lowest BCUT2D eigenvalue weighted by Gasteiger charge is -2.20. The number of aromatic nitrogens is 2. The van der Waals surface area contributed by atoms with Crippen LogP contribution >= 0.6 is 15.9 Å². The van der Waals surface area contributed by atoms with E-state index in [1.165, 1.54) is 5.69 Å². The third-order valence-corrected chi connectivity index (χ3v) is 3.64. The fourth-order valence-corrected chi connectivity index (χ4v) is 2.71. The normalized spacial score (nSPS) is 12.8. The number of hydrogen-bond donors (Lipinski definition) is 1. The molecule has 0 aliphatic carbocycles. The van der Waals surface area contributed by atoms with E-state index in [9.17, 15) is 0 Å². The minimum atomic E-state index is 0.256. The van der Waals surface area contributed by atoms with Gasteiger partial charge in [-0.15, -0.1) is 0 Å². The zero-order valence-corrected chi connectivity index (χ0v) is 14.3. The second-order valence-corrected chi connectivity index (χ2v) is 5.46. The zero-order valence-electron chi connectivity index (χ0n) is 12.7. The first-order valence-corrected chi connectivity index (χ1v) is 8.05. The van der Waals surface area contributed by atoms with Gasteiger partial charge < -0.3 is 14.8 Å². The first-order valence-electron chi connectivity index (χ1n) is 7.25. The van der Waals surface area contributed by atoms with Crippen LogP contribution in [0, 0.1) is 0 Å². The van der Waals surface area contributed by atoms with Crippen molar-refractivity contribution in [2.24, 2.45) is 0 Å². The molecule has 0 saturated carbocycles. The van der Waals surface area contributed by atoms with Crippen LogP contribution in [0.5, 0.6) is 0 Å². The molecule has 1 heterocycles. The summed E-state index contributed by atoms with van der Waals surface area (Å²) in [6, 6.07) is 0.256. The SMILES string of the molecule is CCCn1ncc(Br)c1C(CCOCCOC)NCC. The van der Waals surface area contributed by atoms with Crippen molar-refractivity contribution in [1.29, 1.82) is 0 Å². The number of hydrogen-bond acceptors (Lipinski definition) is 4. The molecule has 116 valence electrons. The van der Waals surface area contributed by atoms with Crippen LogP contribution in [0.2, 0.25) is 0 Å². The maximum Gasteiger partial charge on any atom is 0.0700 e. The first-order chi connectivity index (χ1) is 9.74. The van der Waals surface area contributed by atoms with Gasteiger partial charge >= 0.3 is 0 Å². The van der Waals surface area contributed by atoms with Gasteiger partial charge in [0, 0.05) is 20.3 Å². The van der Waals surface area contributed by atoms with E-state index in [1.54, 1.807) is 7.11 Å². The topological polar surface area (TPSA) is 48.3 Å². The van der Waals surface area contributed by atoms with Crippen molar-refractivity contribution in [2.75, 3.05) is 33.5 Å². The average Bonchev–Trinajstić information content (AvgIpc) is 2.79. The van der Waals surface area contributed by atoms with Crippen LogP contribution in [0.15, 0.2) is 10.7 Å². The lowest BCUT2D eigenvalue weighted by molar-refractivity contribution is 0.0654. The number of rotatable bonds is 11. The van der Waals surface area contributed by atoms with Gasteiger partial charge in [-0.3, -0.25) is 4.68 Å². The minimum Gasteiger partial charge on any atom is -0.382 e.